The molecule has 30 heavy (non-hydrogen) atoms. The van der Waals surface area contributed by atoms with Gasteiger partial charge in [0.15, 0.2) is 0 Å². The van der Waals surface area contributed by atoms with Crippen LogP contribution in [0.5, 0.6) is 0 Å². The summed E-state index contributed by atoms with van der Waals surface area (Å²) in [4.78, 5) is 11.7. The van der Waals surface area contributed by atoms with E-state index in [4.69, 9.17) is 4.74 Å². The maximum Gasteiger partial charge on any atom is 0.306 e. The van der Waals surface area contributed by atoms with Gasteiger partial charge in [-0.2, -0.15) is 0 Å². The van der Waals surface area contributed by atoms with Crippen molar-refractivity contribution < 1.29 is 9.53 Å². The van der Waals surface area contributed by atoms with Crippen LogP contribution >= 0.6 is 0 Å². The molecule has 0 radical (unpaired) electrons. The molecular formula is C27H47NO2. The zero-order chi connectivity index (χ0) is 22.1. The number of unbranched alkanes of at least 4 members (excludes halogenated alkanes) is 11. The molecule has 0 fully saturated rings. The first-order valence-corrected chi connectivity index (χ1v) is 12.2. The highest BCUT2D eigenvalue weighted by Crippen LogP contribution is 2.10. The molecule has 0 amide bonds. The van der Waals surface area contributed by atoms with Gasteiger partial charge in [-0.3, -0.25) is 4.79 Å². The number of ether oxygens (including phenoxy) is 1. The summed E-state index contributed by atoms with van der Waals surface area (Å²) in [6.07, 6.45) is 21.8. The maximum atomic E-state index is 11.7. The number of hydrogen-bond donors (Lipinski definition) is 1. The predicted octanol–water partition coefficient (Wildman–Crippen LogP) is 7.60. The van der Waals surface area contributed by atoms with Gasteiger partial charge in [0.05, 0.1) is 0 Å². The van der Waals surface area contributed by atoms with Gasteiger partial charge in [-0.25, -0.2) is 0 Å². The van der Waals surface area contributed by atoms with Crippen LogP contribution in [-0.2, 0) is 16.1 Å². The van der Waals surface area contributed by atoms with Gasteiger partial charge in [-0.15, -0.1) is 0 Å². The van der Waals surface area contributed by atoms with Crippen LogP contribution in [0.1, 0.15) is 102 Å². The van der Waals surface area contributed by atoms with Crippen LogP contribution in [0, 0.1) is 0 Å². The first kappa shape index (κ1) is 28.4. The minimum atomic E-state index is -0.0727. The SMILES string of the molecule is CCCCCCCC/C=C\CCCCCCCC(=O)OCc1ccccc1.CNC. The van der Waals surface area contributed by atoms with Gasteiger partial charge in [0.1, 0.15) is 6.61 Å². The quantitative estimate of drug-likeness (QED) is 0.161. The highest BCUT2D eigenvalue weighted by atomic mass is 16.5. The third-order valence-electron chi connectivity index (χ3n) is 4.89. The van der Waals surface area contributed by atoms with Crippen LogP contribution in [0.4, 0.5) is 0 Å². The van der Waals surface area contributed by atoms with Crippen molar-refractivity contribution in [1.29, 1.82) is 0 Å². The molecule has 0 aliphatic carbocycles. The molecule has 0 spiro atoms. The van der Waals surface area contributed by atoms with Crippen LogP contribution in [0.3, 0.4) is 0 Å². The number of rotatable bonds is 17. The van der Waals surface area contributed by atoms with Crippen LogP contribution in [0.25, 0.3) is 0 Å². The van der Waals surface area contributed by atoms with Crippen molar-refractivity contribution in [3.63, 3.8) is 0 Å². The molecule has 0 aliphatic rings. The first-order valence-electron chi connectivity index (χ1n) is 12.2. The summed E-state index contributed by atoms with van der Waals surface area (Å²) in [5.74, 6) is -0.0727. The van der Waals surface area contributed by atoms with Crippen LogP contribution in [0.2, 0.25) is 0 Å². The summed E-state index contributed by atoms with van der Waals surface area (Å²) >= 11 is 0. The largest absolute Gasteiger partial charge is 0.461 e. The second-order valence-corrected chi connectivity index (χ2v) is 7.98. The van der Waals surface area contributed by atoms with Crippen molar-refractivity contribution in [1.82, 2.24) is 5.32 Å². The fraction of sp³-hybridized carbons (Fsp3) is 0.667. The Labute approximate surface area is 186 Å². The van der Waals surface area contributed by atoms with Crippen LogP contribution in [-0.4, -0.2) is 20.1 Å². The summed E-state index contributed by atoms with van der Waals surface area (Å²) in [6.45, 7) is 2.66. The molecule has 0 atom stereocenters. The van der Waals surface area contributed by atoms with Crippen molar-refractivity contribution in [3.8, 4) is 0 Å². The normalized spacial score (nSPS) is 10.6. The van der Waals surface area contributed by atoms with Crippen LogP contribution in [0.15, 0.2) is 42.5 Å². The van der Waals surface area contributed by atoms with Crippen molar-refractivity contribution >= 4 is 5.97 Å². The second kappa shape index (κ2) is 23.7. The topological polar surface area (TPSA) is 38.3 Å². The number of nitrogens with one attached hydrogen (secondary N) is 1. The Morgan fingerprint density at radius 3 is 1.87 bits per heavy atom. The van der Waals surface area contributed by atoms with Crippen molar-refractivity contribution in [2.24, 2.45) is 0 Å². The minimum Gasteiger partial charge on any atom is -0.461 e. The zero-order valence-electron chi connectivity index (χ0n) is 20.0. The number of benzene rings is 1. The Morgan fingerprint density at radius 2 is 1.30 bits per heavy atom. The van der Waals surface area contributed by atoms with Crippen molar-refractivity contribution in [2.75, 3.05) is 14.1 Å². The molecule has 1 rings (SSSR count). The molecule has 3 heteroatoms. The van der Waals surface area contributed by atoms with E-state index in [2.05, 4.69) is 24.4 Å². The lowest BCUT2D eigenvalue weighted by Gasteiger charge is -2.05. The average molecular weight is 418 g/mol. The molecule has 0 unspecified atom stereocenters. The predicted molar refractivity (Wildman–Crippen MR) is 131 cm³/mol. The Bertz CT molecular complexity index is 499. The molecule has 0 aliphatic heterocycles. The Hall–Kier alpha value is -1.61. The third kappa shape index (κ3) is 21.1. The Kier molecular flexibility index (Phi) is 22.4. The van der Waals surface area contributed by atoms with Gasteiger partial charge >= 0.3 is 5.97 Å². The van der Waals surface area contributed by atoms with Gasteiger partial charge in [0.25, 0.3) is 0 Å². The average Bonchev–Trinajstić information content (AvgIpc) is 2.76. The third-order valence-corrected chi connectivity index (χ3v) is 4.89. The lowest BCUT2D eigenvalue weighted by atomic mass is 10.1. The van der Waals surface area contributed by atoms with Gasteiger partial charge in [-0.1, -0.05) is 101 Å². The zero-order valence-corrected chi connectivity index (χ0v) is 20.0. The van der Waals surface area contributed by atoms with Gasteiger partial charge in [0.2, 0.25) is 0 Å². The minimum absolute atomic E-state index is 0.0727. The van der Waals surface area contributed by atoms with Gasteiger partial charge in [0, 0.05) is 6.42 Å². The van der Waals surface area contributed by atoms with Crippen LogP contribution < -0.4 is 5.32 Å². The number of esters is 1. The molecule has 172 valence electrons. The molecule has 3 nitrogen and oxygen atoms in total. The van der Waals surface area contributed by atoms with E-state index < -0.39 is 0 Å². The van der Waals surface area contributed by atoms with E-state index in [-0.39, 0.29) is 5.97 Å². The molecule has 0 saturated heterocycles. The van der Waals surface area contributed by atoms with E-state index in [0.29, 0.717) is 13.0 Å². The molecule has 0 aromatic heterocycles. The number of hydrogen-bond acceptors (Lipinski definition) is 3. The molecule has 0 heterocycles. The first-order chi connectivity index (χ1) is 14.7. The Balaban J connectivity index is 0.00000263. The molecule has 1 N–H and O–H groups in total. The standard InChI is InChI=1S/C25H40O2.C2H7N/c1-2-3-4-5-6-7-8-9-10-11-12-13-14-15-19-22-25(26)27-23-24-20-17-16-18-21-24;1-3-2/h9-10,16-18,20-21H,2-8,11-15,19,22-23H2,1H3;3H,1-2H3/b10-9-;. The van der Waals surface area contributed by atoms with Crippen molar-refractivity contribution in [2.45, 2.75) is 103 Å². The molecule has 0 bridgehead atoms. The monoisotopic (exact) mass is 417 g/mol. The summed E-state index contributed by atoms with van der Waals surface area (Å²) in [6, 6.07) is 9.86. The van der Waals surface area contributed by atoms with E-state index in [9.17, 15) is 4.79 Å². The highest BCUT2D eigenvalue weighted by Gasteiger charge is 2.03. The Morgan fingerprint density at radius 1 is 0.800 bits per heavy atom. The van der Waals surface area contributed by atoms with E-state index in [0.717, 1.165) is 18.4 Å². The van der Waals surface area contributed by atoms with E-state index >= 15 is 0 Å². The maximum absolute atomic E-state index is 11.7. The van der Waals surface area contributed by atoms with Crippen molar-refractivity contribution in [3.05, 3.63) is 48.0 Å². The molecule has 1 aromatic carbocycles. The lowest BCUT2D eigenvalue weighted by molar-refractivity contribution is -0.145. The number of allylic oxidation sites excluding steroid dienone is 2. The van der Waals surface area contributed by atoms with E-state index in [1.165, 1.54) is 70.6 Å². The summed E-state index contributed by atoms with van der Waals surface area (Å²) < 4.78 is 5.30. The van der Waals surface area contributed by atoms with Gasteiger partial charge < -0.3 is 10.1 Å². The van der Waals surface area contributed by atoms with Gasteiger partial charge in [-0.05, 0) is 51.8 Å². The highest BCUT2D eigenvalue weighted by molar-refractivity contribution is 5.69. The number of carbonyl (C=O) groups is 1. The second-order valence-electron chi connectivity index (χ2n) is 7.98. The fourth-order valence-electron chi connectivity index (χ4n) is 3.15. The fourth-order valence-corrected chi connectivity index (χ4v) is 3.15. The summed E-state index contributed by atoms with van der Waals surface area (Å²) in [7, 11) is 3.75. The summed E-state index contributed by atoms with van der Waals surface area (Å²) in [5, 5.41) is 2.75. The van der Waals surface area contributed by atoms with E-state index in [1.807, 2.05) is 44.4 Å². The number of carbonyl (C=O) groups excluding carboxylic acids is 1. The molecular weight excluding hydrogens is 370 g/mol. The molecule has 0 saturated carbocycles. The lowest BCUT2D eigenvalue weighted by Crippen LogP contribution is -2.04. The molecule has 1 aromatic rings. The van der Waals surface area contributed by atoms with E-state index in [1.54, 1.807) is 0 Å². The smallest absolute Gasteiger partial charge is 0.306 e. The summed E-state index contributed by atoms with van der Waals surface area (Å²) in [5.41, 5.74) is 1.05.